The van der Waals surface area contributed by atoms with Crippen LogP contribution in [0.1, 0.15) is 11.1 Å². The molecule has 0 saturated heterocycles. The van der Waals surface area contributed by atoms with Crippen LogP contribution in [-0.2, 0) is 13.2 Å². The molecule has 2 aromatic carbocycles. The van der Waals surface area contributed by atoms with Crippen molar-refractivity contribution in [3.05, 3.63) is 69.5 Å². The maximum atomic E-state index is 13.2. The van der Waals surface area contributed by atoms with E-state index < -0.39 is 10.7 Å². The molecule has 1 N–H and O–H groups in total. The predicted octanol–water partition coefficient (Wildman–Crippen LogP) is 2.81. The molecule has 0 aliphatic rings. The van der Waals surface area contributed by atoms with E-state index in [9.17, 15) is 14.5 Å². The highest BCUT2D eigenvalue weighted by atomic mass is 19.1. The highest BCUT2D eigenvalue weighted by molar-refractivity contribution is 5.35. The number of hydrogen-bond acceptors (Lipinski definition) is 4. The van der Waals surface area contributed by atoms with Crippen molar-refractivity contribution in [2.45, 2.75) is 13.2 Å². The van der Waals surface area contributed by atoms with Crippen molar-refractivity contribution >= 4 is 5.69 Å². The van der Waals surface area contributed by atoms with Crippen LogP contribution in [0.5, 0.6) is 5.75 Å². The zero-order valence-corrected chi connectivity index (χ0v) is 10.5. The summed E-state index contributed by atoms with van der Waals surface area (Å²) in [6.45, 7) is -0.0343. The second-order valence-electron chi connectivity index (χ2n) is 4.17. The van der Waals surface area contributed by atoms with E-state index in [0.29, 0.717) is 11.3 Å². The number of aliphatic hydroxyl groups is 1. The van der Waals surface area contributed by atoms with Crippen molar-refractivity contribution in [3.63, 3.8) is 0 Å². The number of nitro benzene ring substituents is 1. The molecule has 0 aromatic heterocycles. The van der Waals surface area contributed by atoms with Gasteiger partial charge in [0.05, 0.1) is 17.6 Å². The second-order valence-corrected chi connectivity index (χ2v) is 4.17. The molecule has 20 heavy (non-hydrogen) atoms. The van der Waals surface area contributed by atoms with Crippen molar-refractivity contribution in [1.29, 1.82) is 0 Å². The lowest BCUT2D eigenvalue weighted by Crippen LogP contribution is -1.98. The van der Waals surface area contributed by atoms with Crippen LogP contribution in [0.25, 0.3) is 0 Å². The van der Waals surface area contributed by atoms with E-state index in [2.05, 4.69) is 0 Å². The summed E-state index contributed by atoms with van der Waals surface area (Å²) in [5.74, 6) is -0.137. The molecule has 2 aromatic rings. The molecule has 0 amide bonds. The molecular formula is C14H12FNO4. The fourth-order valence-electron chi connectivity index (χ4n) is 1.68. The molecule has 0 heterocycles. The average Bonchev–Trinajstić information content (AvgIpc) is 2.45. The van der Waals surface area contributed by atoms with Crippen molar-refractivity contribution in [1.82, 2.24) is 0 Å². The smallest absolute Gasteiger partial charge is 0.272 e. The molecule has 0 bridgehead atoms. The second kappa shape index (κ2) is 6.12. The summed E-state index contributed by atoms with van der Waals surface area (Å²) in [5, 5.41) is 19.5. The summed E-state index contributed by atoms with van der Waals surface area (Å²) in [6.07, 6.45) is 0. The first-order valence-electron chi connectivity index (χ1n) is 5.85. The van der Waals surface area contributed by atoms with Crippen molar-refractivity contribution in [2.24, 2.45) is 0 Å². The summed E-state index contributed by atoms with van der Waals surface area (Å²) in [5.41, 5.74) is 0.820. The number of rotatable bonds is 5. The Morgan fingerprint density at radius 1 is 1.15 bits per heavy atom. The van der Waals surface area contributed by atoms with Gasteiger partial charge < -0.3 is 9.84 Å². The number of hydrogen-bond donors (Lipinski definition) is 1. The van der Waals surface area contributed by atoms with Crippen LogP contribution in [0.4, 0.5) is 10.1 Å². The molecule has 6 heteroatoms. The van der Waals surface area contributed by atoms with Crippen LogP contribution >= 0.6 is 0 Å². The summed E-state index contributed by atoms with van der Waals surface area (Å²) < 4.78 is 18.6. The molecule has 0 aliphatic carbocycles. The quantitative estimate of drug-likeness (QED) is 0.673. The average molecular weight is 277 g/mol. The van der Waals surface area contributed by atoms with Crippen LogP contribution in [0.15, 0.2) is 42.5 Å². The summed E-state index contributed by atoms with van der Waals surface area (Å²) in [6, 6.07) is 10.0. The summed E-state index contributed by atoms with van der Waals surface area (Å²) >= 11 is 0. The SMILES string of the molecule is O=[N+]([O-])c1cc(F)cc(COc2ccc(CO)cc2)c1. The molecule has 0 atom stereocenters. The summed E-state index contributed by atoms with van der Waals surface area (Å²) in [4.78, 5) is 9.97. The van der Waals surface area contributed by atoms with Gasteiger partial charge in [-0.1, -0.05) is 12.1 Å². The van der Waals surface area contributed by atoms with E-state index in [1.165, 1.54) is 12.1 Å². The largest absolute Gasteiger partial charge is 0.489 e. The number of benzene rings is 2. The Labute approximate surface area is 114 Å². The molecule has 0 aliphatic heterocycles. The van der Waals surface area contributed by atoms with Crippen LogP contribution in [0.2, 0.25) is 0 Å². The molecule has 0 unspecified atom stereocenters. The van der Waals surface area contributed by atoms with Gasteiger partial charge in [0.1, 0.15) is 18.2 Å². The number of nitrogens with zero attached hydrogens (tertiary/aromatic N) is 1. The van der Waals surface area contributed by atoms with Gasteiger partial charge in [-0.25, -0.2) is 4.39 Å². The van der Waals surface area contributed by atoms with E-state index in [1.54, 1.807) is 24.3 Å². The van der Waals surface area contributed by atoms with Crippen LogP contribution < -0.4 is 4.74 Å². The minimum Gasteiger partial charge on any atom is -0.489 e. The van der Waals surface area contributed by atoms with Crippen LogP contribution in [-0.4, -0.2) is 10.0 Å². The topological polar surface area (TPSA) is 72.6 Å². The van der Waals surface area contributed by atoms with E-state index in [1.807, 2.05) is 0 Å². The lowest BCUT2D eigenvalue weighted by Gasteiger charge is -2.07. The van der Waals surface area contributed by atoms with Gasteiger partial charge in [-0.3, -0.25) is 10.1 Å². The number of ether oxygens (including phenoxy) is 1. The Morgan fingerprint density at radius 3 is 2.45 bits per heavy atom. The Bertz CT molecular complexity index is 613. The molecule has 0 spiro atoms. The van der Waals surface area contributed by atoms with Crippen molar-refractivity contribution in [3.8, 4) is 5.75 Å². The first kappa shape index (κ1) is 14.0. The lowest BCUT2D eigenvalue weighted by atomic mass is 10.2. The van der Waals surface area contributed by atoms with Gasteiger partial charge in [-0.05, 0) is 29.3 Å². The van der Waals surface area contributed by atoms with Gasteiger partial charge in [-0.2, -0.15) is 0 Å². The number of aliphatic hydroxyl groups excluding tert-OH is 1. The Kier molecular flexibility index (Phi) is 4.27. The predicted molar refractivity (Wildman–Crippen MR) is 69.8 cm³/mol. The molecule has 2 rings (SSSR count). The van der Waals surface area contributed by atoms with Gasteiger partial charge in [0.25, 0.3) is 5.69 Å². The first-order chi connectivity index (χ1) is 9.58. The van der Waals surface area contributed by atoms with Crippen LogP contribution in [0.3, 0.4) is 0 Å². The van der Waals surface area contributed by atoms with Gasteiger partial charge in [0.15, 0.2) is 0 Å². The van der Waals surface area contributed by atoms with E-state index >= 15 is 0 Å². The minimum atomic E-state index is -0.673. The summed E-state index contributed by atoms with van der Waals surface area (Å²) in [7, 11) is 0. The molecule has 0 saturated carbocycles. The Morgan fingerprint density at radius 2 is 1.85 bits per heavy atom. The molecule has 0 fully saturated rings. The minimum absolute atomic E-state index is 0.0249. The third-order valence-corrected chi connectivity index (χ3v) is 2.66. The molecular weight excluding hydrogens is 265 g/mol. The van der Waals surface area contributed by atoms with Gasteiger partial charge in [0, 0.05) is 6.07 Å². The van der Waals surface area contributed by atoms with Crippen molar-refractivity contribution < 1.29 is 19.2 Å². The number of non-ortho nitro benzene ring substituents is 1. The normalized spacial score (nSPS) is 10.3. The lowest BCUT2D eigenvalue weighted by molar-refractivity contribution is -0.385. The molecule has 5 nitrogen and oxygen atoms in total. The number of halogens is 1. The molecule has 0 radical (unpaired) electrons. The standard InChI is InChI=1S/C14H12FNO4/c15-12-5-11(6-13(7-12)16(18)19)9-20-14-3-1-10(8-17)2-4-14/h1-7,17H,8-9H2. The highest BCUT2D eigenvalue weighted by Gasteiger charge is 2.10. The van der Waals surface area contributed by atoms with Gasteiger partial charge in [0.2, 0.25) is 0 Å². The Hall–Kier alpha value is -2.47. The van der Waals surface area contributed by atoms with E-state index in [-0.39, 0.29) is 18.9 Å². The third kappa shape index (κ3) is 3.52. The fourth-order valence-corrected chi connectivity index (χ4v) is 1.68. The highest BCUT2D eigenvalue weighted by Crippen LogP contribution is 2.19. The number of nitro groups is 1. The van der Waals surface area contributed by atoms with Crippen LogP contribution in [0, 0.1) is 15.9 Å². The monoisotopic (exact) mass is 277 g/mol. The Balaban J connectivity index is 2.08. The third-order valence-electron chi connectivity index (χ3n) is 2.66. The van der Waals surface area contributed by atoms with E-state index in [0.717, 1.165) is 11.6 Å². The fraction of sp³-hybridized carbons (Fsp3) is 0.143. The molecule has 104 valence electrons. The maximum Gasteiger partial charge on any atom is 0.272 e. The van der Waals surface area contributed by atoms with E-state index in [4.69, 9.17) is 9.84 Å². The zero-order chi connectivity index (χ0) is 14.5. The van der Waals surface area contributed by atoms with Gasteiger partial charge >= 0.3 is 0 Å². The van der Waals surface area contributed by atoms with Crippen molar-refractivity contribution in [2.75, 3.05) is 0 Å². The zero-order valence-electron chi connectivity index (χ0n) is 10.5. The maximum absolute atomic E-state index is 13.2. The van der Waals surface area contributed by atoms with Gasteiger partial charge in [-0.15, -0.1) is 0 Å². The first-order valence-corrected chi connectivity index (χ1v) is 5.85.